The Hall–Kier alpha value is -1.71. The molecule has 1 aliphatic heterocycles. The Kier molecular flexibility index (Phi) is 3.45. The van der Waals surface area contributed by atoms with E-state index in [4.69, 9.17) is 10.8 Å². The first kappa shape index (κ1) is 12.7. The molecule has 1 heterocycles. The minimum Gasteiger partial charge on any atom is -0.481 e. The molecule has 0 bridgehead atoms. The van der Waals surface area contributed by atoms with Crippen molar-refractivity contribution in [2.24, 2.45) is 5.92 Å². The molecule has 0 radical (unpaired) electrons. The Labute approximate surface area is 107 Å². The summed E-state index contributed by atoms with van der Waals surface area (Å²) < 4.78 is 0. The molecule has 2 rings (SSSR count). The van der Waals surface area contributed by atoms with Crippen molar-refractivity contribution >= 4 is 17.3 Å². The summed E-state index contributed by atoms with van der Waals surface area (Å²) in [5, 5.41) is 9.13. The molecule has 0 fully saturated rings. The molecule has 3 N–H and O–H groups in total. The normalized spacial score (nSPS) is 18.0. The van der Waals surface area contributed by atoms with Crippen molar-refractivity contribution < 1.29 is 9.90 Å². The highest BCUT2D eigenvalue weighted by molar-refractivity contribution is 5.72. The molecule has 1 aromatic carbocycles. The number of benzene rings is 1. The van der Waals surface area contributed by atoms with Gasteiger partial charge in [-0.1, -0.05) is 0 Å². The van der Waals surface area contributed by atoms with E-state index in [1.54, 1.807) is 6.92 Å². The van der Waals surface area contributed by atoms with E-state index >= 15 is 0 Å². The fourth-order valence-electron chi connectivity index (χ4n) is 2.55. The third-order valence-corrected chi connectivity index (χ3v) is 3.86. The van der Waals surface area contributed by atoms with Gasteiger partial charge in [-0.15, -0.1) is 0 Å². The van der Waals surface area contributed by atoms with Crippen molar-refractivity contribution in [3.8, 4) is 0 Å². The van der Waals surface area contributed by atoms with Crippen LogP contribution in [0.4, 0.5) is 11.4 Å². The Morgan fingerprint density at radius 3 is 2.83 bits per heavy atom. The molecular weight excluding hydrogens is 228 g/mol. The molecule has 98 valence electrons. The van der Waals surface area contributed by atoms with Crippen molar-refractivity contribution in [2.45, 2.75) is 32.7 Å². The Morgan fingerprint density at radius 2 is 2.17 bits per heavy atom. The molecule has 2 unspecified atom stereocenters. The molecule has 0 amide bonds. The lowest BCUT2D eigenvalue weighted by Gasteiger charge is -2.38. The van der Waals surface area contributed by atoms with E-state index in [-0.39, 0.29) is 12.0 Å². The van der Waals surface area contributed by atoms with E-state index in [1.165, 1.54) is 5.56 Å². The molecule has 0 spiro atoms. The number of nitrogens with two attached hydrogens (primary N) is 1. The first-order valence-electron chi connectivity index (χ1n) is 6.38. The molecule has 0 aromatic heterocycles. The van der Waals surface area contributed by atoms with Crippen molar-refractivity contribution in [3.05, 3.63) is 23.8 Å². The van der Waals surface area contributed by atoms with Gasteiger partial charge in [0.15, 0.2) is 0 Å². The zero-order valence-corrected chi connectivity index (χ0v) is 10.9. The van der Waals surface area contributed by atoms with Gasteiger partial charge in [0.1, 0.15) is 0 Å². The van der Waals surface area contributed by atoms with Crippen molar-refractivity contribution in [3.63, 3.8) is 0 Å². The van der Waals surface area contributed by atoms with Gasteiger partial charge in [-0.2, -0.15) is 0 Å². The maximum Gasteiger partial charge on any atom is 0.308 e. The maximum atomic E-state index is 11.1. The molecule has 4 nitrogen and oxygen atoms in total. The number of carbonyl (C=O) groups is 1. The van der Waals surface area contributed by atoms with Crippen LogP contribution in [0.3, 0.4) is 0 Å². The van der Waals surface area contributed by atoms with Crippen molar-refractivity contribution in [1.29, 1.82) is 0 Å². The largest absolute Gasteiger partial charge is 0.481 e. The SMILES string of the molecule is CC(C(=O)O)C(C)N1CCCc2cc(N)ccc21. The summed E-state index contributed by atoms with van der Waals surface area (Å²) in [5.74, 6) is -1.13. The molecule has 4 heteroatoms. The highest BCUT2D eigenvalue weighted by Gasteiger charge is 2.28. The molecule has 0 saturated heterocycles. The number of nitrogen functional groups attached to an aromatic ring is 1. The van der Waals surface area contributed by atoms with Gasteiger partial charge in [0.05, 0.1) is 5.92 Å². The average molecular weight is 248 g/mol. The summed E-state index contributed by atoms with van der Waals surface area (Å²) in [4.78, 5) is 13.3. The summed E-state index contributed by atoms with van der Waals surface area (Å²) in [6.45, 7) is 4.65. The van der Waals surface area contributed by atoms with E-state index in [2.05, 4.69) is 4.90 Å². The average Bonchev–Trinajstić information content (AvgIpc) is 2.35. The first-order valence-corrected chi connectivity index (χ1v) is 6.38. The topological polar surface area (TPSA) is 66.6 Å². The molecule has 1 aromatic rings. The van der Waals surface area contributed by atoms with Crippen LogP contribution in [0.1, 0.15) is 25.8 Å². The molecule has 18 heavy (non-hydrogen) atoms. The Bertz CT molecular complexity index is 459. The molecule has 2 atom stereocenters. The van der Waals surface area contributed by atoms with Gasteiger partial charge in [0, 0.05) is 24.0 Å². The van der Waals surface area contributed by atoms with Gasteiger partial charge >= 0.3 is 5.97 Å². The summed E-state index contributed by atoms with van der Waals surface area (Å²) in [5.41, 5.74) is 8.93. The van der Waals surface area contributed by atoms with Gasteiger partial charge in [0.2, 0.25) is 0 Å². The number of hydrogen-bond acceptors (Lipinski definition) is 3. The number of carboxylic acids is 1. The summed E-state index contributed by atoms with van der Waals surface area (Å²) in [6.07, 6.45) is 2.07. The third kappa shape index (κ3) is 2.28. The zero-order chi connectivity index (χ0) is 13.3. The van der Waals surface area contributed by atoms with Gasteiger partial charge in [0.25, 0.3) is 0 Å². The highest BCUT2D eigenvalue weighted by atomic mass is 16.4. The minimum atomic E-state index is -0.745. The van der Waals surface area contributed by atoms with E-state index in [9.17, 15) is 4.79 Å². The highest BCUT2D eigenvalue weighted by Crippen LogP contribution is 2.31. The lowest BCUT2D eigenvalue weighted by atomic mass is 9.95. The number of anilines is 2. The van der Waals surface area contributed by atoms with Crippen LogP contribution in [0.5, 0.6) is 0 Å². The Morgan fingerprint density at radius 1 is 1.44 bits per heavy atom. The number of aliphatic carboxylic acids is 1. The monoisotopic (exact) mass is 248 g/mol. The first-order chi connectivity index (χ1) is 8.50. The fourth-order valence-corrected chi connectivity index (χ4v) is 2.55. The van der Waals surface area contributed by atoms with E-state index < -0.39 is 5.97 Å². The van der Waals surface area contributed by atoms with Gasteiger partial charge in [-0.3, -0.25) is 4.79 Å². The van der Waals surface area contributed by atoms with Gasteiger partial charge in [-0.05, 0) is 50.5 Å². The second-order valence-corrected chi connectivity index (χ2v) is 5.05. The second-order valence-electron chi connectivity index (χ2n) is 5.05. The van der Waals surface area contributed by atoms with E-state index in [0.29, 0.717) is 0 Å². The summed E-state index contributed by atoms with van der Waals surface area (Å²) in [7, 11) is 0. The van der Waals surface area contributed by atoms with E-state index in [0.717, 1.165) is 30.8 Å². The maximum absolute atomic E-state index is 11.1. The number of carboxylic acid groups (broad SMARTS) is 1. The van der Waals surface area contributed by atoms with Crippen molar-refractivity contribution in [2.75, 3.05) is 17.2 Å². The predicted molar refractivity (Wildman–Crippen MR) is 72.8 cm³/mol. The number of aryl methyl sites for hydroxylation is 1. The molecule has 0 aliphatic carbocycles. The summed E-state index contributed by atoms with van der Waals surface area (Å²) >= 11 is 0. The predicted octanol–water partition coefficient (Wildman–Crippen LogP) is 2.13. The molecule has 0 saturated carbocycles. The second kappa shape index (κ2) is 4.88. The smallest absolute Gasteiger partial charge is 0.308 e. The Balaban J connectivity index is 2.30. The van der Waals surface area contributed by atoms with Gasteiger partial charge < -0.3 is 15.7 Å². The number of hydrogen-bond donors (Lipinski definition) is 2. The molecule has 1 aliphatic rings. The lowest BCUT2D eigenvalue weighted by molar-refractivity contribution is -0.141. The van der Waals surface area contributed by atoms with Crippen molar-refractivity contribution in [1.82, 2.24) is 0 Å². The van der Waals surface area contributed by atoms with Crippen LogP contribution in [-0.2, 0) is 11.2 Å². The quantitative estimate of drug-likeness (QED) is 0.804. The zero-order valence-electron chi connectivity index (χ0n) is 10.9. The molecular formula is C14H20N2O2. The van der Waals surface area contributed by atoms with Crippen LogP contribution < -0.4 is 10.6 Å². The minimum absolute atomic E-state index is 0.00910. The summed E-state index contributed by atoms with van der Waals surface area (Å²) in [6, 6.07) is 5.88. The van der Waals surface area contributed by atoms with Crippen LogP contribution >= 0.6 is 0 Å². The lowest BCUT2D eigenvalue weighted by Crippen LogP contribution is -2.43. The van der Waals surface area contributed by atoms with Crippen LogP contribution in [0.25, 0.3) is 0 Å². The van der Waals surface area contributed by atoms with Crippen LogP contribution in [0.15, 0.2) is 18.2 Å². The number of rotatable bonds is 3. The van der Waals surface area contributed by atoms with Crippen LogP contribution in [-0.4, -0.2) is 23.7 Å². The van der Waals surface area contributed by atoms with Gasteiger partial charge in [-0.25, -0.2) is 0 Å². The number of nitrogens with zero attached hydrogens (tertiary/aromatic N) is 1. The third-order valence-electron chi connectivity index (χ3n) is 3.86. The van der Waals surface area contributed by atoms with Crippen LogP contribution in [0, 0.1) is 5.92 Å². The van der Waals surface area contributed by atoms with Crippen LogP contribution in [0.2, 0.25) is 0 Å². The fraction of sp³-hybridized carbons (Fsp3) is 0.500. The van der Waals surface area contributed by atoms with E-state index in [1.807, 2.05) is 25.1 Å². The standard InChI is InChI=1S/C14H20N2O2/c1-9(14(17)18)10(2)16-7-3-4-11-8-12(15)5-6-13(11)16/h5-6,8-10H,3-4,7,15H2,1-2H3,(H,17,18). The number of fused-ring (bicyclic) bond motifs is 1.